The van der Waals surface area contributed by atoms with Crippen LogP contribution in [0.5, 0.6) is 0 Å². The number of amides is 3. The molecule has 0 saturated carbocycles. The largest absolute Gasteiger partial charge is 0.381 e. The van der Waals surface area contributed by atoms with Crippen LogP contribution in [0.3, 0.4) is 0 Å². The number of aliphatic hydroxyl groups excluding tert-OH is 1. The van der Waals surface area contributed by atoms with Crippen molar-refractivity contribution in [2.75, 3.05) is 7.11 Å². The highest BCUT2D eigenvalue weighted by Crippen LogP contribution is 2.22. The fraction of sp³-hybridized carbons (Fsp3) is 0.348. The molecule has 3 N–H and O–H groups in total. The van der Waals surface area contributed by atoms with E-state index in [1.54, 1.807) is 4.90 Å². The number of likely N-dealkylation sites (tertiary alicyclic amines) is 1. The predicted octanol–water partition coefficient (Wildman–Crippen LogP) is 0.944. The molecule has 1 fully saturated rings. The summed E-state index contributed by atoms with van der Waals surface area (Å²) in [5, 5.41) is 13.3. The number of carbonyl (C=O) groups is 3. The van der Waals surface area contributed by atoms with E-state index >= 15 is 0 Å². The molecule has 2 unspecified atom stereocenters. The van der Waals surface area contributed by atoms with Crippen LogP contribution in [0.25, 0.3) is 0 Å². The van der Waals surface area contributed by atoms with E-state index in [1.165, 1.54) is 7.11 Å². The summed E-state index contributed by atoms with van der Waals surface area (Å²) in [5.74, 6) is -1.25. The molecule has 0 aliphatic carbocycles. The van der Waals surface area contributed by atoms with Gasteiger partial charge in [0.2, 0.25) is 11.8 Å². The van der Waals surface area contributed by atoms with Crippen molar-refractivity contribution in [3.8, 4) is 0 Å². The lowest BCUT2D eigenvalue weighted by atomic mass is 10.00. The standard InChI is InChI=1S/C23H27N3O5/c1-31-25-23(30)21(28)18(14-16-8-4-2-5-9-16)24-22(29)19-12-13-20(27)26(19)15-17-10-6-3-7-11-17/h2-11,18-19,21,28H,12-15H2,1H3,(H,24,29)(H,25,30)/t18?,19-,21?/m1/s1. The highest BCUT2D eigenvalue weighted by molar-refractivity contribution is 5.91. The smallest absolute Gasteiger partial charge is 0.274 e. The van der Waals surface area contributed by atoms with Gasteiger partial charge in [-0.1, -0.05) is 60.7 Å². The van der Waals surface area contributed by atoms with Gasteiger partial charge in [-0.3, -0.25) is 19.2 Å². The van der Waals surface area contributed by atoms with E-state index in [1.807, 2.05) is 60.7 Å². The fourth-order valence-corrected chi connectivity index (χ4v) is 3.72. The van der Waals surface area contributed by atoms with Gasteiger partial charge in [0, 0.05) is 13.0 Å². The SMILES string of the molecule is CONC(=O)C(O)C(Cc1ccccc1)NC(=O)[C@H]1CCC(=O)N1Cc1ccccc1. The van der Waals surface area contributed by atoms with Crippen molar-refractivity contribution in [3.05, 3.63) is 71.8 Å². The van der Waals surface area contributed by atoms with Gasteiger partial charge < -0.3 is 15.3 Å². The molecular formula is C23H27N3O5. The summed E-state index contributed by atoms with van der Waals surface area (Å²) >= 11 is 0. The second-order valence-electron chi connectivity index (χ2n) is 7.48. The van der Waals surface area contributed by atoms with Crippen LogP contribution in [0.2, 0.25) is 0 Å². The van der Waals surface area contributed by atoms with Gasteiger partial charge >= 0.3 is 0 Å². The van der Waals surface area contributed by atoms with E-state index in [-0.39, 0.29) is 18.7 Å². The van der Waals surface area contributed by atoms with Gasteiger partial charge in [-0.2, -0.15) is 0 Å². The maximum Gasteiger partial charge on any atom is 0.274 e. The maximum atomic E-state index is 13.1. The molecule has 3 atom stereocenters. The lowest BCUT2D eigenvalue weighted by Crippen LogP contribution is -2.55. The number of rotatable bonds is 9. The van der Waals surface area contributed by atoms with Gasteiger partial charge in [0.05, 0.1) is 13.2 Å². The maximum absolute atomic E-state index is 13.1. The second-order valence-corrected chi connectivity index (χ2v) is 7.48. The molecule has 8 heteroatoms. The minimum atomic E-state index is -1.52. The number of hydroxylamine groups is 1. The lowest BCUT2D eigenvalue weighted by Gasteiger charge is -2.28. The molecule has 2 aromatic rings. The molecule has 3 rings (SSSR count). The highest BCUT2D eigenvalue weighted by Gasteiger charge is 2.38. The molecule has 3 amide bonds. The molecule has 2 aromatic carbocycles. The Balaban J connectivity index is 1.74. The molecule has 164 valence electrons. The average Bonchev–Trinajstić information content (AvgIpc) is 3.14. The Bertz CT molecular complexity index is 891. The van der Waals surface area contributed by atoms with E-state index in [4.69, 9.17) is 0 Å². The van der Waals surface area contributed by atoms with Crippen LogP contribution in [-0.2, 0) is 32.2 Å². The molecule has 0 bridgehead atoms. The van der Waals surface area contributed by atoms with Crippen LogP contribution in [0.4, 0.5) is 0 Å². The summed E-state index contributed by atoms with van der Waals surface area (Å²) in [6.45, 7) is 0.327. The van der Waals surface area contributed by atoms with Gasteiger partial charge in [-0.05, 0) is 24.0 Å². The Morgan fingerprint density at radius 3 is 2.32 bits per heavy atom. The Morgan fingerprint density at radius 2 is 1.71 bits per heavy atom. The topological polar surface area (TPSA) is 108 Å². The molecule has 8 nitrogen and oxygen atoms in total. The average molecular weight is 425 g/mol. The molecule has 1 heterocycles. The van der Waals surface area contributed by atoms with Crippen molar-refractivity contribution in [1.82, 2.24) is 15.7 Å². The minimum absolute atomic E-state index is 0.0960. The van der Waals surface area contributed by atoms with Gasteiger partial charge in [-0.15, -0.1) is 0 Å². The third-order valence-electron chi connectivity index (χ3n) is 5.31. The second kappa shape index (κ2) is 10.7. The molecule has 1 aliphatic rings. The first-order valence-corrected chi connectivity index (χ1v) is 10.2. The summed E-state index contributed by atoms with van der Waals surface area (Å²) in [5.41, 5.74) is 3.87. The van der Waals surface area contributed by atoms with E-state index in [0.29, 0.717) is 13.0 Å². The normalized spacial score (nSPS) is 17.8. The Kier molecular flexibility index (Phi) is 7.75. The predicted molar refractivity (Wildman–Crippen MR) is 113 cm³/mol. The number of aliphatic hydroxyl groups is 1. The van der Waals surface area contributed by atoms with E-state index in [9.17, 15) is 19.5 Å². The highest BCUT2D eigenvalue weighted by atomic mass is 16.6. The molecule has 31 heavy (non-hydrogen) atoms. The zero-order valence-corrected chi connectivity index (χ0v) is 17.4. The van der Waals surface area contributed by atoms with Crippen molar-refractivity contribution >= 4 is 17.7 Å². The van der Waals surface area contributed by atoms with Crippen LogP contribution in [0, 0.1) is 0 Å². The lowest BCUT2D eigenvalue weighted by molar-refractivity contribution is -0.143. The van der Waals surface area contributed by atoms with Crippen LogP contribution in [0.15, 0.2) is 60.7 Å². The van der Waals surface area contributed by atoms with Crippen LogP contribution in [-0.4, -0.2) is 53.0 Å². The Hall–Kier alpha value is -3.23. The number of nitrogens with zero attached hydrogens (tertiary/aromatic N) is 1. The summed E-state index contributed by atoms with van der Waals surface area (Å²) in [4.78, 5) is 43.8. The van der Waals surface area contributed by atoms with Crippen LogP contribution in [0.1, 0.15) is 24.0 Å². The van der Waals surface area contributed by atoms with Gasteiger partial charge in [0.1, 0.15) is 6.04 Å². The molecular weight excluding hydrogens is 398 g/mol. The molecule has 0 spiro atoms. The third-order valence-corrected chi connectivity index (χ3v) is 5.31. The van der Waals surface area contributed by atoms with E-state index < -0.39 is 30.0 Å². The summed E-state index contributed by atoms with van der Waals surface area (Å²) < 4.78 is 0. The van der Waals surface area contributed by atoms with Crippen molar-refractivity contribution in [2.24, 2.45) is 0 Å². The van der Waals surface area contributed by atoms with Crippen molar-refractivity contribution in [3.63, 3.8) is 0 Å². The number of carbonyl (C=O) groups excluding carboxylic acids is 3. The van der Waals surface area contributed by atoms with Crippen molar-refractivity contribution in [1.29, 1.82) is 0 Å². The quantitative estimate of drug-likeness (QED) is 0.519. The first-order chi connectivity index (χ1) is 15.0. The Morgan fingerprint density at radius 1 is 1.10 bits per heavy atom. The first-order valence-electron chi connectivity index (χ1n) is 10.2. The molecule has 0 aromatic heterocycles. The van der Waals surface area contributed by atoms with E-state index in [2.05, 4.69) is 15.6 Å². The fourth-order valence-electron chi connectivity index (χ4n) is 3.72. The van der Waals surface area contributed by atoms with E-state index in [0.717, 1.165) is 11.1 Å². The van der Waals surface area contributed by atoms with Gasteiger partial charge in [-0.25, -0.2) is 5.48 Å². The first kappa shape index (κ1) is 22.5. The number of nitrogens with one attached hydrogen (secondary N) is 2. The van der Waals surface area contributed by atoms with Gasteiger partial charge in [0.15, 0.2) is 6.10 Å². The minimum Gasteiger partial charge on any atom is -0.381 e. The van der Waals surface area contributed by atoms with Crippen molar-refractivity contribution in [2.45, 2.75) is 44.0 Å². The molecule has 0 radical (unpaired) electrons. The summed E-state index contributed by atoms with van der Waals surface area (Å²) in [6.07, 6.45) is -0.620. The Labute approximate surface area is 181 Å². The zero-order valence-electron chi connectivity index (χ0n) is 17.4. The third kappa shape index (κ3) is 5.90. The molecule has 1 saturated heterocycles. The molecule has 1 aliphatic heterocycles. The number of hydrogen-bond acceptors (Lipinski definition) is 5. The zero-order chi connectivity index (χ0) is 22.2. The van der Waals surface area contributed by atoms with Crippen LogP contribution >= 0.6 is 0 Å². The summed E-state index contributed by atoms with van der Waals surface area (Å²) in [7, 11) is 1.26. The monoisotopic (exact) mass is 425 g/mol. The van der Waals surface area contributed by atoms with Gasteiger partial charge in [0.25, 0.3) is 5.91 Å². The summed E-state index contributed by atoms with van der Waals surface area (Å²) in [6, 6.07) is 17.1. The number of hydrogen-bond donors (Lipinski definition) is 3. The number of benzene rings is 2. The van der Waals surface area contributed by atoms with Crippen molar-refractivity contribution < 1.29 is 24.3 Å². The van der Waals surface area contributed by atoms with Crippen LogP contribution < -0.4 is 10.8 Å².